The first-order chi connectivity index (χ1) is 16.7. The summed E-state index contributed by atoms with van der Waals surface area (Å²) in [5.41, 5.74) is -6.61. The van der Waals surface area contributed by atoms with Crippen LogP contribution in [0, 0.1) is 15.9 Å². The Balaban J connectivity index is 2.21. The van der Waals surface area contributed by atoms with Crippen LogP contribution >= 0.6 is 0 Å². The maximum absolute atomic E-state index is 14.8. The average molecular weight is 513 g/mol. The summed E-state index contributed by atoms with van der Waals surface area (Å²) in [7, 11) is 0.707. The van der Waals surface area contributed by atoms with Gasteiger partial charge in [-0.3, -0.25) is 19.5 Å². The van der Waals surface area contributed by atoms with Gasteiger partial charge < -0.3 is 14.6 Å². The van der Waals surface area contributed by atoms with Crippen molar-refractivity contribution in [2.75, 3.05) is 0 Å². The van der Waals surface area contributed by atoms with E-state index in [0.717, 1.165) is 0 Å². The minimum absolute atomic E-state index is 0.0517. The topological polar surface area (TPSA) is 143 Å². The standard InChI is InChI=1S/C21H15F4N3O8/c1-10(19(30)31)35-14-5-3-4-6-15(14)36-16-8-12(11(22)7-13(16)28(33)34)27-18(29)9-17(21(23,24)25)26(2)20(27)32/h3-10H,1-2H3,(H,30,31). The lowest BCUT2D eigenvalue weighted by atomic mass is 10.2. The molecular weight excluding hydrogens is 498 g/mol. The molecule has 1 atom stereocenters. The van der Waals surface area contributed by atoms with Gasteiger partial charge in [-0.15, -0.1) is 0 Å². The van der Waals surface area contributed by atoms with Crippen LogP contribution in [0.3, 0.4) is 0 Å². The van der Waals surface area contributed by atoms with Crippen LogP contribution in [0.25, 0.3) is 5.69 Å². The van der Waals surface area contributed by atoms with Gasteiger partial charge in [-0.25, -0.2) is 18.5 Å². The summed E-state index contributed by atoms with van der Waals surface area (Å²) >= 11 is 0. The van der Waals surface area contributed by atoms with E-state index in [1.165, 1.54) is 31.2 Å². The summed E-state index contributed by atoms with van der Waals surface area (Å²) in [4.78, 5) is 46.5. The van der Waals surface area contributed by atoms with E-state index < -0.39 is 63.1 Å². The van der Waals surface area contributed by atoms with E-state index in [2.05, 4.69) is 0 Å². The molecule has 0 fully saturated rings. The van der Waals surface area contributed by atoms with Gasteiger partial charge in [0.25, 0.3) is 5.56 Å². The van der Waals surface area contributed by atoms with Gasteiger partial charge in [-0.2, -0.15) is 13.2 Å². The van der Waals surface area contributed by atoms with Gasteiger partial charge in [0.2, 0.25) is 5.75 Å². The lowest BCUT2D eigenvalue weighted by Gasteiger charge is -2.16. The second-order valence-electron chi connectivity index (χ2n) is 7.22. The number of aromatic nitrogens is 2. The zero-order chi connectivity index (χ0) is 26.9. The average Bonchev–Trinajstić information content (AvgIpc) is 2.78. The van der Waals surface area contributed by atoms with Crippen LogP contribution in [-0.2, 0) is 18.0 Å². The molecule has 1 N–H and O–H groups in total. The third kappa shape index (κ3) is 5.03. The molecule has 2 aromatic carbocycles. The van der Waals surface area contributed by atoms with Gasteiger partial charge in [0.15, 0.2) is 23.4 Å². The lowest BCUT2D eigenvalue weighted by molar-refractivity contribution is -0.385. The SMILES string of the molecule is CC(Oc1ccccc1Oc1cc(-n2c(=O)cc(C(F)(F)F)n(C)c2=O)c(F)cc1[N+](=O)[O-])C(=O)O. The number of aliphatic carboxylic acids is 1. The number of nitro benzene ring substituents is 1. The molecule has 1 aromatic heterocycles. The Morgan fingerprint density at radius 1 is 1.11 bits per heavy atom. The van der Waals surface area contributed by atoms with Crippen molar-refractivity contribution in [3.63, 3.8) is 0 Å². The van der Waals surface area contributed by atoms with Crippen molar-refractivity contribution in [3.05, 3.63) is 84.9 Å². The molecule has 190 valence electrons. The van der Waals surface area contributed by atoms with Gasteiger partial charge >= 0.3 is 23.5 Å². The Morgan fingerprint density at radius 2 is 1.72 bits per heavy atom. The summed E-state index contributed by atoms with van der Waals surface area (Å²) in [6.45, 7) is 1.20. The number of nitro groups is 1. The third-order valence-corrected chi connectivity index (χ3v) is 4.80. The molecule has 11 nitrogen and oxygen atoms in total. The Bertz CT molecular complexity index is 1480. The van der Waals surface area contributed by atoms with Gasteiger partial charge in [0.1, 0.15) is 5.69 Å². The predicted molar refractivity (Wildman–Crippen MR) is 113 cm³/mol. The molecule has 1 unspecified atom stereocenters. The molecule has 0 saturated heterocycles. The van der Waals surface area contributed by atoms with Crippen molar-refractivity contribution in [2.24, 2.45) is 7.05 Å². The smallest absolute Gasteiger partial charge is 0.431 e. The summed E-state index contributed by atoms with van der Waals surface area (Å²) in [5.74, 6) is -3.95. The van der Waals surface area contributed by atoms with Crippen molar-refractivity contribution in [2.45, 2.75) is 19.2 Å². The summed E-state index contributed by atoms with van der Waals surface area (Å²) in [5, 5.41) is 20.5. The first kappa shape index (κ1) is 25.9. The molecule has 15 heteroatoms. The third-order valence-electron chi connectivity index (χ3n) is 4.80. The van der Waals surface area contributed by atoms with E-state index in [4.69, 9.17) is 14.6 Å². The number of carboxylic acid groups (broad SMARTS) is 1. The van der Waals surface area contributed by atoms with E-state index in [1.807, 2.05) is 0 Å². The molecule has 0 aliphatic heterocycles. The van der Waals surface area contributed by atoms with Gasteiger partial charge in [0, 0.05) is 19.2 Å². The van der Waals surface area contributed by atoms with Crippen LogP contribution in [0.5, 0.6) is 17.2 Å². The van der Waals surface area contributed by atoms with Crippen LogP contribution in [0.4, 0.5) is 23.2 Å². The molecule has 0 aliphatic carbocycles. The molecule has 0 saturated carbocycles. The number of rotatable bonds is 7. The van der Waals surface area contributed by atoms with Crippen LogP contribution in [0.1, 0.15) is 12.6 Å². The fraction of sp³-hybridized carbons (Fsp3) is 0.190. The number of carboxylic acids is 1. The van der Waals surface area contributed by atoms with E-state index >= 15 is 0 Å². The zero-order valence-electron chi connectivity index (χ0n) is 18.3. The van der Waals surface area contributed by atoms with Crippen LogP contribution in [-0.4, -0.2) is 31.2 Å². The highest BCUT2D eigenvalue weighted by Crippen LogP contribution is 2.38. The van der Waals surface area contributed by atoms with Crippen molar-refractivity contribution in [1.82, 2.24) is 9.13 Å². The normalized spacial score (nSPS) is 12.2. The fourth-order valence-electron chi connectivity index (χ4n) is 3.04. The molecule has 36 heavy (non-hydrogen) atoms. The second-order valence-corrected chi connectivity index (χ2v) is 7.22. The molecule has 0 bridgehead atoms. The minimum atomic E-state index is -5.06. The van der Waals surface area contributed by atoms with Crippen molar-refractivity contribution >= 4 is 11.7 Å². The van der Waals surface area contributed by atoms with Crippen LogP contribution < -0.4 is 20.7 Å². The van der Waals surface area contributed by atoms with E-state index in [9.17, 15) is 42.1 Å². The van der Waals surface area contributed by atoms with Gasteiger partial charge in [0.05, 0.1) is 16.7 Å². The van der Waals surface area contributed by atoms with Crippen LogP contribution in [0.15, 0.2) is 52.1 Å². The Hall–Kier alpha value is -4.69. The van der Waals surface area contributed by atoms with Gasteiger partial charge in [-0.05, 0) is 19.1 Å². The highest BCUT2D eigenvalue weighted by Gasteiger charge is 2.35. The number of hydrogen-bond donors (Lipinski definition) is 1. The molecule has 3 aromatic rings. The quantitative estimate of drug-likeness (QED) is 0.288. The first-order valence-electron chi connectivity index (χ1n) is 9.77. The number of benzene rings is 2. The highest BCUT2D eigenvalue weighted by atomic mass is 19.4. The number of para-hydroxylation sites is 2. The highest BCUT2D eigenvalue weighted by molar-refractivity contribution is 5.72. The van der Waals surface area contributed by atoms with E-state index in [1.54, 1.807) is 0 Å². The largest absolute Gasteiger partial charge is 0.479 e. The van der Waals surface area contributed by atoms with E-state index in [-0.39, 0.29) is 26.7 Å². The number of alkyl halides is 3. The fourth-order valence-corrected chi connectivity index (χ4v) is 3.04. The summed E-state index contributed by atoms with van der Waals surface area (Å²) < 4.78 is 65.0. The number of hydrogen-bond acceptors (Lipinski definition) is 7. The summed E-state index contributed by atoms with van der Waals surface area (Å²) in [6, 6.07) is 6.32. The first-order valence-corrected chi connectivity index (χ1v) is 9.77. The van der Waals surface area contributed by atoms with Crippen molar-refractivity contribution < 1.29 is 41.9 Å². The maximum atomic E-state index is 14.8. The van der Waals surface area contributed by atoms with Crippen molar-refractivity contribution in [3.8, 4) is 22.9 Å². The molecule has 0 spiro atoms. The molecule has 1 heterocycles. The number of nitrogens with zero attached hydrogens (tertiary/aromatic N) is 3. The molecular formula is C21H15F4N3O8. The Labute approximate surface area is 197 Å². The Kier molecular flexibility index (Phi) is 6.85. The number of halogens is 4. The number of ether oxygens (including phenoxy) is 2. The zero-order valence-corrected chi connectivity index (χ0v) is 18.3. The number of carbonyl (C=O) groups is 1. The molecule has 0 radical (unpaired) electrons. The molecule has 3 rings (SSSR count). The lowest BCUT2D eigenvalue weighted by Crippen LogP contribution is -2.41. The van der Waals surface area contributed by atoms with Gasteiger partial charge in [-0.1, -0.05) is 12.1 Å². The molecule has 0 aliphatic rings. The monoisotopic (exact) mass is 513 g/mol. The second kappa shape index (κ2) is 9.52. The Morgan fingerprint density at radius 3 is 2.28 bits per heavy atom. The molecule has 0 amide bonds. The summed E-state index contributed by atoms with van der Waals surface area (Å²) in [6.07, 6.45) is -6.42. The van der Waals surface area contributed by atoms with Crippen molar-refractivity contribution in [1.29, 1.82) is 0 Å². The minimum Gasteiger partial charge on any atom is -0.479 e. The van der Waals surface area contributed by atoms with Crippen LogP contribution in [0.2, 0.25) is 0 Å². The van der Waals surface area contributed by atoms with E-state index in [0.29, 0.717) is 19.2 Å². The maximum Gasteiger partial charge on any atom is 0.431 e. The predicted octanol–water partition coefficient (Wildman–Crippen LogP) is 3.25.